The SMILES string of the molecule is COC1(C(=O)Nc2ccc3c(c2)NC(=O)C(C)O3)CCNCC1.Cl. The molecule has 1 aromatic carbocycles. The topological polar surface area (TPSA) is 88.7 Å². The van der Waals surface area contributed by atoms with Crippen LogP contribution in [0.4, 0.5) is 11.4 Å². The third-order valence-corrected chi connectivity index (χ3v) is 4.38. The van der Waals surface area contributed by atoms with Gasteiger partial charge in [-0.25, -0.2) is 0 Å². The maximum atomic E-state index is 12.6. The molecule has 1 atom stereocenters. The molecule has 2 amide bonds. The van der Waals surface area contributed by atoms with E-state index in [0.29, 0.717) is 30.0 Å². The number of anilines is 2. The van der Waals surface area contributed by atoms with Gasteiger partial charge < -0.3 is 25.4 Å². The smallest absolute Gasteiger partial charge is 0.265 e. The van der Waals surface area contributed by atoms with Crippen molar-refractivity contribution in [1.29, 1.82) is 0 Å². The van der Waals surface area contributed by atoms with E-state index in [0.717, 1.165) is 13.1 Å². The highest BCUT2D eigenvalue weighted by atomic mass is 35.5. The Bertz CT molecular complexity index is 632. The number of hydrogen-bond donors (Lipinski definition) is 3. The highest BCUT2D eigenvalue weighted by Crippen LogP contribution is 2.33. The van der Waals surface area contributed by atoms with E-state index in [2.05, 4.69) is 16.0 Å². The number of benzene rings is 1. The van der Waals surface area contributed by atoms with E-state index < -0.39 is 11.7 Å². The van der Waals surface area contributed by atoms with Gasteiger partial charge in [0.05, 0.1) is 5.69 Å². The van der Waals surface area contributed by atoms with Gasteiger partial charge in [0.1, 0.15) is 11.4 Å². The van der Waals surface area contributed by atoms with Crippen LogP contribution in [0.15, 0.2) is 18.2 Å². The van der Waals surface area contributed by atoms with Crippen LogP contribution in [-0.2, 0) is 14.3 Å². The first kappa shape index (κ1) is 18.5. The second kappa shape index (κ2) is 7.38. The Morgan fingerprint density at radius 2 is 2.08 bits per heavy atom. The predicted molar refractivity (Wildman–Crippen MR) is 92.9 cm³/mol. The Kier molecular flexibility index (Phi) is 5.69. The van der Waals surface area contributed by atoms with Crippen LogP contribution in [0.5, 0.6) is 5.75 Å². The van der Waals surface area contributed by atoms with Crippen LogP contribution in [0.1, 0.15) is 19.8 Å². The Morgan fingerprint density at radius 3 is 2.75 bits per heavy atom. The molecule has 8 heteroatoms. The summed E-state index contributed by atoms with van der Waals surface area (Å²) in [6.45, 7) is 3.17. The lowest BCUT2D eigenvalue weighted by Gasteiger charge is -2.34. The second-order valence-electron chi connectivity index (χ2n) is 5.86. The number of methoxy groups -OCH3 is 1. The molecular formula is C16H22ClN3O4. The molecule has 0 bridgehead atoms. The van der Waals surface area contributed by atoms with Crippen molar-refractivity contribution in [3.8, 4) is 5.75 Å². The Morgan fingerprint density at radius 1 is 1.38 bits per heavy atom. The van der Waals surface area contributed by atoms with Crippen LogP contribution in [0.25, 0.3) is 0 Å². The number of carbonyl (C=O) groups is 2. The molecule has 0 radical (unpaired) electrons. The summed E-state index contributed by atoms with van der Waals surface area (Å²) in [5.41, 5.74) is 0.347. The highest BCUT2D eigenvalue weighted by molar-refractivity contribution is 6.00. The molecule has 24 heavy (non-hydrogen) atoms. The molecule has 0 aliphatic carbocycles. The van der Waals surface area contributed by atoms with E-state index in [1.165, 1.54) is 0 Å². The lowest BCUT2D eigenvalue weighted by Crippen LogP contribution is -2.51. The predicted octanol–water partition coefficient (Wildman–Crippen LogP) is 1.53. The summed E-state index contributed by atoms with van der Waals surface area (Å²) < 4.78 is 11.0. The molecule has 3 N–H and O–H groups in total. The third-order valence-electron chi connectivity index (χ3n) is 4.38. The van der Waals surface area contributed by atoms with Crippen molar-refractivity contribution in [2.75, 3.05) is 30.8 Å². The summed E-state index contributed by atoms with van der Waals surface area (Å²) in [5, 5.41) is 8.87. The fraction of sp³-hybridized carbons (Fsp3) is 0.500. The van der Waals surface area contributed by atoms with Crippen LogP contribution in [0, 0.1) is 0 Å². The maximum absolute atomic E-state index is 12.6. The number of ether oxygens (including phenoxy) is 2. The van der Waals surface area contributed by atoms with E-state index >= 15 is 0 Å². The van der Waals surface area contributed by atoms with E-state index in [4.69, 9.17) is 9.47 Å². The highest BCUT2D eigenvalue weighted by Gasteiger charge is 2.39. The van der Waals surface area contributed by atoms with Crippen LogP contribution < -0.4 is 20.7 Å². The molecule has 2 aliphatic rings. The van der Waals surface area contributed by atoms with Gasteiger partial charge in [0.15, 0.2) is 6.10 Å². The minimum Gasteiger partial charge on any atom is -0.479 e. The first-order chi connectivity index (χ1) is 11.0. The van der Waals surface area contributed by atoms with Gasteiger partial charge in [0.2, 0.25) is 0 Å². The summed E-state index contributed by atoms with van der Waals surface area (Å²) in [6, 6.07) is 5.19. The molecule has 0 spiro atoms. The second-order valence-corrected chi connectivity index (χ2v) is 5.86. The summed E-state index contributed by atoms with van der Waals surface area (Å²) >= 11 is 0. The van der Waals surface area contributed by atoms with Gasteiger partial charge in [0, 0.05) is 12.8 Å². The monoisotopic (exact) mass is 355 g/mol. The maximum Gasteiger partial charge on any atom is 0.265 e. The van der Waals surface area contributed by atoms with Gasteiger partial charge in [0.25, 0.3) is 11.8 Å². The van der Waals surface area contributed by atoms with Crippen LogP contribution >= 0.6 is 12.4 Å². The molecule has 1 aromatic rings. The molecule has 2 heterocycles. The van der Waals surface area contributed by atoms with Crippen molar-refractivity contribution in [3.05, 3.63) is 18.2 Å². The van der Waals surface area contributed by atoms with E-state index in [-0.39, 0.29) is 24.2 Å². The van der Waals surface area contributed by atoms with Crippen molar-refractivity contribution in [2.24, 2.45) is 0 Å². The van der Waals surface area contributed by atoms with Crippen LogP contribution in [0.2, 0.25) is 0 Å². The number of hydrogen-bond acceptors (Lipinski definition) is 5. The molecule has 132 valence electrons. The van der Waals surface area contributed by atoms with E-state index in [1.54, 1.807) is 32.2 Å². The fourth-order valence-electron chi connectivity index (χ4n) is 2.89. The lowest BCUT2D eigenvalue weighted by molar-refractivity contribution is -0.140. The van der Waals surface area contributed by atoms with Crippen molar-refractivity contribution in [3.63, 3.8) is 0 Å². The molecule has 7 nitrogen and oxygen atoms in total. The molecule has 0 aromatic heterocycles. The molecule has 3 rings (SSSR count). The Balaban J connectivity index is 0.00000208. The summed E-state index contributed by atoms with van der Waals surface area (Å²) in [5.74, 6) is 0.226. The van der Waals surface area contributed by atoms with Gasteiger partial charge in [-0.2, -0.15) is 0 Å². The average Bonchev–Trinajstić information content (AvgIpc) is 2.56. The number of amides is 2. The molecule has 0 saturated carbocycles. The van der Waals surface area contributed by atoms with E-state index in [1.807, 2.05) is 0 Å². The molecule has 2 aliphatic heterocycles. The van der Waals surface area contributed by atoms with Crippen molar-refractivity contribution in [1.82, 2.24) is 5.32 Å². The number of nitrogens with one attached hydrogen (secondary N) is 3. The largest absolute Gasteiger partial charge is 0.479 e. The minimum atomic E-state index is -0.810. The first-order valence-corrected chi connectivity index (χ1v) is 7.73. The number of fused-ring (bicyclic) bond motifs is 1. The van der Waals surface area contributed by atoms with Crippen molar-refractivity contribution >= 4 is 35.6 Å². The van der Waals surface area contributed by atoms with Gasteiger partial charge in [-0.1, -0.05) is 0 Å². The zero-order valence-corrected chi connectivity index (χ0v) is 14.5. The summed E-state index contributed by atoms with van der Waals surface area (Å²) in [6.07, 6.45) is 0.726. The normalized spacial score (nSPS) is 21.6. The molecule has 1 unspecified atom stereocenters. The number of rotatable bonds is 3. The Hall–Kier alpha value is -1.83. The quantitative estimate of drug-likeness (QED) is 0.765. The summed E-state index contributed by atoms with van der Waals surface area (Å²) in [7, 11) is 1.56. The van der Waals surface area contributed by atoms with Gasteiger partial charge in [-0.15, -0.1) is 12.4 Å². The van der Waals surface area contributed by atoms with Gasteiger partial charge >= 0.3 is 0 Å². The zero-order valence-electron chi connectivity index (χ0n) is 13.7. The molecule has 1 fully saturated rings. The van der Waals surface area contributed by atoms with Crippen LogP contribution in [0.3, 0.4) is 0 Å². The fourth-order valence-corrected chi connectivity index (χ4v) is 2.89. The Labute approximate surface area is 146 Å². The number of halogens is 1. The number of piperidine rings is 1. The molecular weight excluding hydrogens is 334 g/mol. The molecule has 1 saturated heterocycles. The third kappa shape index (κ3) is 3.48. The summed E-state index contributed by atoms with van der Waals surface area (Å²) in [4.78, 5) is 24.3. The first-order valence-electron chi connectivity index (χ1n) is 7.73. The van der Waals surface area contributed by atoms with Crippen molar-refractivity contribution < 1.29 is 19.1 Å². The number of carbonyl (C=O) groups excluding carboxylic acids is 2. The van der Waals surface area contributed by atoms with Crippen molar-refractivity contribution in [2.45, 2.75) is 31.5 Å². The van der Waals surface area contributed by atoms with Gasteiger partial charge in [-0.05, 0) is 51.1 Å². The standard InChI is InChI=1S/C16H21N3O4.ClH/c1-10-14(20)19-12-9-11(3-4-13(12)23-10)18-15(21)16(22-2)5-7-17-8-6-16;/h3-4,9-10,17H,5-8H2,1-2H3,(H,18,21)(H,19,20);1H. The van der Waals surface area contributed by atoms with Crippen LogP contribution in [-0.4, -0.2) is 43.7 Å². The lowest BCUT2D eigenvalue weighted by atomic mass is 9.91. The zero-order chi connectivity index (χ0) is 16.4. The average molecular weight is 356 g/mol. The minimum absolute atomic E-state index is 0. The van der Waals surface area contributed by atoms with E-state index in [9.17, 15) is 9.59 Å². The van der Waals surface area contributed by atoms with Gasteiger partial charge in [-0.3, -0.25) is 9.59 Å².